The van der Waals surface area contributed by atoms with E-state index in [1.807, 2.05) is 6.92 Å². The van der Waals surface area contributed by atoms with E-state index in [1.165, 1.54) is 11.8 Å². The molecule has 2 heterocycles. The second kappa shape index (κ2) is 5.96. The van der Waals surface area contributed by atoms with Crippen LogP contribution in [0.2, 0.25) is 0 Å². The fraction of sp³-hybridized carbons (Fsp3) is 0.929. The minimum atomic E-state index is -3.38. The number of thioether (sulfide) groups is 1. The molecule has 5 N–H and O–H groups in total. The molecular weight excluding hydrogens is 364 g/mol. The van der Waals surface area contributed by atoms with Gasteiger partial charge in [0.15, 0.2) is 0 Å². The van der Waals surface area contributed by atoms with E-state index in [2.05, 4.69) is 15.6 Å². The van der Waals surface area contributed by atoms with E-state index in [9.17, 15) is 13.2 Å². The number of nitrogens with one attached hydrogen (secondary N) is 3. The fourth-order valence-corrected chi connectivity index (χ4v) is 6.96. The number of likely N-dealkylation sites (N-methyl/N-ethyl adjacent to an activating group) is 1. The first-order valence-electron chi connectivity index (χ1n) is 8.70. The van der Waals surface area contributed by atoms with E-state index in [-0.39, 0.29) is 34.6 Å². The second-order valence-electron chi connectivity index (χ2n) is 7.78. The zero-order valence-electron chi connectivity index (χ0n) is 14.4. The third-order valence-corrected chi connectivity index (χ3v) is 8.91. The van der Waals surface area contributed by atoms with Gasteiger partial charge in [-0.25, -0.2) is 28.8 Å². The number of carbonyl (C=O) groups excluding carboxylic acids is 1. The Labute approximate surface area is 152 Å². The van der Waals surface area contributed by atoms with Crippen molar-refractivity contribution in [2.24, 2.45) is 5.73 Å². The van der Waals surface area contributed by atoms with Gasteiger partial charge in [0.1, 0.15) is 11.0 Å². The largest absolute Gasteiger partial charge is 0.323 e. The molecule has 142 valence electrons. The summed E-state index contributed by atoms with van der Waals surface area (Å²) < 4.78 is 28.5. The SMILES string of the molecule is CN1C(=O)N(C2NNC(N)S2)C2CC(S(=O)(=O)NC3(C)CC3)CCC21. The molecule has 4 rings (SSSR count). The first kappa shape index (κ1) is 17.8. The summed E-state index contributed by atoms with van der Waals surface area (Å²) in [5, 5.41) is -0.457. The molecular formula is C14H26N6O3S2. The molecule has 5 unspecified atom stereocenters. The number of hydrazine groups is 1. The zero-order chi connectivity index (χ0) is 18.0. The maximum absolute atomic E-state index is 12.8. The van der Waals surface area contributed by atoms with Crippen molar-refractivity contribution in [1.29, 1.82) is 0 Å². The Hall–Kier alpha value is -0.590. The van der Waals surface area contributed by atoms with Crippen molar-refractivity contribution in [1.82, 2.24) is 25.4 Å². The zero-order valence-corrected chi connectivity index (χ0v) is 16.1. The van der Waals surface area contributed by atoms with Crippen LogP contribution in [0.4, 0.5) is 4.79 Å². The molecule has 11 heteroatoms. The van der Waals surface area contributed by atoms with E-state index in [1.54, 1.807) is 16.8 Å². The molecule has 4 aliphatic rings. The highest BCUT2D eigenvalue weighted by Gasteiger charge is 2.53. The van der Waals surface area contributed by atoms with Crippen LogP contribution >= 0.6 is 11.8 Å². The van der Waals surface area contributed by atoms with E-state index in [0.717, 1.165) is 12.8 Å². The predicted octanol–water partition coefficient (Wildman–Crippen LogP) is -0.518. The van der Waals surface area contributed by atoms with Gasteiger partial charge in [0.25, 0.3) is 0 Å². The number of rotatable bonds is 4. The lowest BCUT2D eigenvalue weighted by Crippen LogP contribution is -2.53. The summed E-state index contributed by atoms with van der Waals surface area (Å²) in [6, 6.07) is -0.150. The summed E-state index contributed by atoms with van der Waals surface area (Å²) in [6.45, 7) is 1.95. The monoisotopic (exact) mass is 390 g/mol. The summed E-state index contributed by atoms with van der Waals surface area (Å²) in [5.74, 6) is 0. The van der Waals surface area contributed by atoms with Gasteiger partial charge in [-0.1, -0.05) is 11.8 Å². The topological polar surface area (TPSA) is 120 Å². The van der Waals surface area contributed by atoms with Crippen LogP contribution in [0.5, 0.6) is 0 Å². The van der Waals surface area contributed by atoms with Crippen molar-refractivity contribution in [3.05, 3.63) is 0 Å². The van der Waals surface area contributed by atoms with Gasteiger partial charge in [-0.15, -0.1) is 0 Å². The summed E-state index contributed by atoms with van der Waals surface area (Å²) >= 11 is 1.42. The number of hydrogen-bond donors (Lipinski definition) is 4. The number of fused-ring (bicyclic) bond motifs is 1. The summed E-state index contributed by atoms with van der Waals surface area (Å²) in [6.07, 6.45) is 3.53. The Morgan fingerprint density at radius 2 is 2.00 bits per heavy atom. The lowest BCUT2D eigenvalue weighted by atomic mass is 9.90. The Kier molecular flexibility index (Phi) is 4.25. The smallest absolute Gasteiger partial charge is 0.322 e. The van der Waals surface area contributed by atoms with Crippen LogP contribution in [0, 0.1) is 0 Å². The summed E-state index contributed by atoms with van der Waals surface area (Å²) in [4.78, 5) is 16.2. The standard InChI is InChI=1S/C14H26N6O3S2/c1-14(5-6-14)18-25(22,23)8-3-4-9-10(7-8)20(13(21)19(9)2)12-17-16-11(15)24-12/h8-12,16-18H,3-7,15H2,1-2H3. The maximum atomic E-state index is 12.8. The minimum absolute atomic E-state index is 0.0506. The van der Waals surface area contributed by atoms with Crippen molar-refractivity contribution in [3.63, 3.8) is 0 Å². The van der Waals surface area contributed by atoms with Crippen molar-refractivity contribution in [3.8, 4) is 0 Å². The van der Waals surface area contributed by atoms with Crippen molar-refractivity contribution < 1.29 is 13.2 Å². The van der Waals surface area contributed by atoms with Gasteiger partial charge < -0.3 is 10.6 Å². The van der Waals surface area contributed by atoms with E-state index < -0.39 is 15.3 Å². The highest BCUT2D eigenvalue weighted by Crippen LogP contribution is 2.41. The molecule has 25 heavy (non-hydrogen) atoms. The third-order valence-electron chi connectivity index (χ3n) is 5.82. The van der Waals surface area contributed by atoms with Crippen LogP contribution < -0.4 is 21.3 Å². The number of amides is 2. The molecule has 0 bridgehead atoms. The van der Waals surface area contributed by atoms with Crippen LogP contribution in [-0.4, -0.2) is 65.2 Å². The lowest BCUT2D eigenvalue weighted by molar-refractivity contribution is 0.171. The summed E-state index contributed by atoms with van der Waals surface area (Å²) in [5.41, 5.74) is 10.9. The molecule has 0 aromatic rings. The van der Waals surface area contributed by atoms with Crippen molar-refractivity contribution in [2.75, 3.05) is 7.05 Å². The molecule has 9 nitrogen and oxygen atoms in total. The normalized spacial score (nSPS) is 40.4. The van der Waals surface area contributed by atoms with E-state index in [0.29, 0.717) is 19.3 Å². The minimum Gasteiger partial charge on any atom is -0.323 e. The number of urea groups is 1. The van der Waals surface area contributed by atoms with Gasteiger partial charge in [-0.2, -0.15) is 0 Å². The highest BCUT2D eigenvalue weighted by atomic mass is 32.2. The van der Waals surface area contributed by atoms with Crippen LogP contribution in [0.1, 0.15) is 39.0 Å². The number of carbonyl (C=O) groups is 1. The molecule has 0 aromatic heterocycles. The molecule has 0 aromatic carbocycles. The van der Waals surface area contributed by atoms with Gasteiger partial charge in [-0.05, 0) is 39.0 Å². The highest BCUT2D eigenvalue weighted by molar-refractivity contribution is 8.00. The average molecular weight is 391 g/mol. The van der Waals surface area contributed by atoms with Crippen LogP contribution in [-0.2, 0) is 10.0 Å². The van der Waals surface area contributed by atoms with Gasteiger partial charge in [0.05, 0.1) is 17.3 Å². The average Bonchev–Trinajstić information content (AvgIpc) is 3.00. The molecule has 2 saturated carbocycles. The Balaban J connectivity index is 1.53. The first-order chi connectivity index (χ1) is 11.7. The Bertz CT molecular complexity index is 669. The summed E-state index contributed by atoms with van der Waals surface area (Å²) in [7, 11) is -1.59. The molecule has 2 saturated heterocycles. The number of sulfonamides is 1. The van der Waals surface area contributed by atoms with E-state index >= 15 is 0 Å². The van der Waals surface area contributed by atoms with Crippen LogP contribution in [0.25, 0.3) is 0 Å². The van der Waals surface area contributed by atoms with Crippen molar-refractivity contribution >= 4 is 27.8 Å². The first-order valence-corrected chi connectivity index (χ1v) is 11.2. The number of hydrogen-bond acceptors (Lipinski definition) is 7. The molecule has 0 spiro atoms. The van der Waals surface area contributed by atoms with Gasteiger partial charge in [-0.3, -0.25) is 4.90 Å². The van der Waals surface area contributed by atoms with E-state index in [4.69, 9.17) is 5.73 Å². The van der Waals surface area contributed by atoms with Gasteiger partial charge in [0.2, 0.25) is 10.0 Å². The molecule has 2 aliphatic carbocycles. The molecule has 0 radical (unpaired) electrons. The third kappa shape index (κ3) is 3.15. The Morgan fingerprint density at radius 1 is 1.28 bits per heavy atom. The Morgan fingerprint density at radius 3 is 2.60 bits per heavy atom. The van der Waals surface area contributed by atoms with Gasteiger partial charge >= 0.3 is 6.03 Å². The quantitative estimate of drug-likeness (QED) is 0.510. The van der Waals surface area contributed by atoms with Crippen LogP contribution in [0.15, 0.2) is 0 Å². The lowest BCUT2D eigenvalue weighted by Gasteiger charge is -2.37. The molecule has 2 aliphatic heterocycles. The number of nitrogens with two attached hydrogens (primary N) is 1. The predicted molar refractivity (Wildman–Crippen MR) is 95.5 cm³/mol. The fourth-order valence-electron chi connectivity index (χ4n) is 4.08. The molecule has 2 amide bonds. The van der Waals surface area contributed by atoms with Crippen molar-refractivity contribution in [2.45, 2.75) is 72.9 Å². The van der Waals surface area contributed by atoms with Crippen LogP contribution in [0.3, 0.4) is 0 Å². The molecule has 4 fully saturated rings. The van der Waals surface area contributed by atoms with Gasteiger partial charge in [0, 0.05) is 12.6 Å². The second-order valence-corrected chi connectivity index (χ2v) is 11.0. The molecule has 5 atom stereocenters. The maximum Gasteiger partial charge on any atom is 0.322 e. The number of nitrogens with zero attached hydrogens (tertiary/aromatic N) is 2.